The molecule has 0 fully saturated rings. The van der Waals surface area contributed by atoms with Gasteiger partial charge in [0.25, 0.3) is 0 Å². The Kier molecular flexibility index (Phi) is 5.54. The van der Waals surface area contributed by atoms with Gasteiger partial charge in [-0.15, -0.1) is 0 Å². The predicted molar refractivity (Wildman–Crippen MR) is 125 cm³/mol. The van der Waals surface area contributed by atoms with Crippen LogP contribution in [0.1, 0.15) is 35.1 Å². The van der Waals surface area contributed by atoms with Gasteiger partial charge in [-0.1, -0.05) is 18.2 Å². The first kappa shape index (κ1) is 20.8. The molecular formula is C26H22N4O3. The van der Waals surface area contributed by atoms with Crippen molar-refractivity contribution in [3.05, 3.63) is 89.9 Å². The molecule has 2 aromatic carbocycles. The number of nitrogens with zero attached hydrogens (tertiary/aromatic N) is 2. The summed E-state index contributed by atoms with van der Waals surface area (Å²) in [5.74, 6) is 1.21. The van der Waals surface area contributed by atoms with Gasteiger partial charge in [0, 0.05) is 23.9 Å². The zero-order valence-electron chi connectivity index (χ0n) is 18.0. The average molecular weight is 438 g/mol. The Morgan fingerprint density at radius 1 is 1.03 bits per heavy atom. The van der Waals surface area contributed by atoms with Gasteiger partial charge in [0.05, 0.1) is 17.1 Å². The molecule has 0 radical (unpaired) electrons. The highest BCUT2D eigenvalue weighted by atomic mass is 16.5. The molecule has 1 aliphatic heterocycles. The Hall–Kier alpha value is -4.10. The van der Waals surface area contributed by atoms with Gasteiger partial charge in [0.15, 0.2) is 11.6 Å². The van der Waals surface area contributed by atoms with Gasteiger partial charge >= 0.3 is 0 Å². The quantitative estimate of drug-likeness (QED) is 0.435. The number of hydrogen-bond acceptors (Lipinski definition) is 6. The molecule has 2 aromatic heterocycles. The van der Waals surface area contributed by atoms with Crippen LogP contribution in [0.15, 0.2) is 72.9 Å². The summed E-state index contributed by atoms with van der Waals surface area (Å²) in [6.45, 7) is 2.29. The van der Waals surface area contributed by atoms with E-state index in [0.29, 0.717) is 29.6 Å². The average Bonchev–Trinajstić information content (AvgIpc) is 3.29. The van der Waals surface area contributed by atoms with Crippen molar-refractivity contribution in [1.29, 1.82) is 0 Å². The first-order valence-corrected chi connectivity index (χ1v) is 10.8. The van der Waals surface area contributed by atoms with Crippen LogP contribution in [0.4, 0.5) is 0 Å². The fourth-order valence-electron chi connectivity index (χ4n) is 3.89. The third-order valence-electron chi connectivity index (χ3n) is 5.62. The van der Waals surface area contributed by atoms with E-state index in [1.54, 1.807) is 37.4 Å². The number of Topliss-reactive ketones (excluding diaryl/α,β-unsaturated/α-hetero) is 1. The predicted octanol–water partition coefficient (Wildman–Crippen LogP) is 4.32. The van der Waals surface area contributed by atoms with Gasteiger partial charge in [0.1, 0.15) is 5.75 Å². The van der Waals surface area contributed by atoms with Gasteiger partial charge in [-0.25, -0.2) is 9.97 Å². The molecule has 0 aliphatic carbocycles. The van der Waals surface area contributed by atoms with Crippen LogP contribution in [-0.4, -0.2) is 39.1 Å². The molecule has 1 atom stereocenters. The first-order chi connectivity index (χ1) is 16.1. The minimum atomic E-state index is -0.301. The summed E-state index contributed by atoms with van der Waals surface area (Å²) in [6.07, 6.45) is 4.38. The number of aromatic amines is 1. The Morgan fingerprint density at radius 3 is 2.64 bits per heavy atom. The summed E-state index contributed by atoms with van der Waals surface area (Å²) < 4.78 is 6.05. The SMILES string of the molecule is CC(=O)C1C=C(c2cccnc2Oc2ccc(C(=O)c3nc4ccccc4[nH]3)cc2)CCN1. The van der Waals surface area contributed by atoms with Crippen LogP contribution in [-0.2, 0) is 4.79 Å². The lowest BCUT2D eigenvalue weighted by Crippen LogP contribution is -2.37. The van der Waals surface area contributed by atoms with Crippen molar-refractivity contribution in [2.24, 2.45) is 0 Å². The largest absolute Gasteiger partial charge is 0.438 e. The van der Waals surface area contributed by atoms with Gasteiger partial charge in [0.2, 0.25) is 11.7 Å². The molecule has 4 aromatic rings. The first-order valence-electron chi connectivity index (χ1n) is 10.8. The van der Waals surface area contributed by atoms with Gasteiger partial charge in [-0.3, -0.25) is 9.59 Å². The molecule has 33 heavy (non-hydrogen) atoms. The number of ketones is 2. The summed E-state index contributed by atoms with van der Waals surface area (Å²) in [6, 6.07) is 17.9. The third kappa shape index (κ3) is 4.31. The van der Waals surface area contributed by atoms with Crippen molar-refractivity contribution >= 4 is 28.2 Å². The van der Waals surface area contributed by atoms with Crippen LogP contribution in [0.2, 0.25) is 0 Å². The Bertz CT molecular complexity index is 1340. The second kappa shape index (κ2) is 8.80. The van der Waals surface area contributed by atoms with Crippen LogP contribution in [0.5, 0.6) is 11.6 Å². The second-order valence-corrected chi connectivity index (χ2v) is 7.90. The molecule has 164 valence electrons. The van der Waals surface area contributed by atoms with E-state index in [9.17, 15) is 9.59 Å². The number of pyridine rings is 1. The second-order valence-electron chi connectivity index (χ2n) is 7.90. The lowest BCUT2D eigenvalue weighted by molar-refractivity contribution is -0.117. The molecule has 0 spiro atoms. The smallest absolute Gasteiger partial charge is 0.228 e. The summed E-state index contributed by atoms with van der Waals surface area (Å²) in [7, 11) is 0. The molecule has 1 unspecified atom stereocenters. The minimum Gasteiger partial charge on any atom is -0.438 e. The van der Waals surface area contributed by atoms with Crippen molar-refractivity contribution in [2.45, 2.75) is 19.4 Å². The topological polar surface area (TPSA) is 97.0 Å². The van der Waals surface area contributed by atoms with Crippen LogP contribution in [0.25, 0.3) is 16.6 Å². The minimum absolute atomic E-state index is 0.0725. The number of carbonyl (C=O) groups excluding carboxylic acids is 2. The lowest BCUT2D eigenvalue weighted by atomic mass is 9.96. The highest BCUT2D eigenvalue weighted by Crippen LogP contribution is 2.31. The van der Waals surface area contributed by atoms with E-state index in [1.807, 2.05) is 42.5 Å². The van der Waals surface area contributed by atoms with E-state index >= 15 is 0 Å². The van der Waals surface area contributed by atoms with E-state index < -0.39 is 0 Å². The molecule has 1 aliphatic rings. The molecule has 0 bridgehead atoms. The number of hydrogen-bond donors (Lipinski definition) is 2. The number of carbonyl (C=O) groups is 2. The fourth-order valence-corrected chi connectivity index (χ4v) is 3.89. The normalized spacial score (nSPS) is 15.8. The molecule has 0 saturated heterocycles. The maximum Gasteiger partial charge on any atom is 0.228 e. The third-order valence-corrected chi connectivity index (χ3v) is 5.62. The van der Waals surface area contributed by atoms with E-state index in [-0.39, 0.29) is 17.6 Å². The number of nitrogens with one attached hydrogen (secondary N) is 2. The number of imidazole rings is 1. The van der Waals surface area contributed by atoms with E-state index in [0.717, 1.165) is 28.6 Å². The highest BCUT2D eigenvalue weighted by Gasteiger charge is 2.20. The van der Waals surface area contributed by atoms with Crippen LogP contribution >= 0.6 is 0 Å². The molecule has 5 rings (SSSR count). The van der Waals surface area contributed by atoms with Crippen molar-refractivity contribution in [2.75, 3.05) is 6.54 Å². The Labute approximate surface area is 190 Å². The van der Waals surface area contributed by atoms with Crippen LogP contribution in [0, 0.1) is 0 Å². The highest BCUT2D eigenvalue weighted by molar-refractivity contribution is 6.08. The van der Waals surface area contributed by atoms with E-state index in [4.69, 9.17) is 4.74 Å². The molecule has 0 saturated carbocycles. The van der Waals surface area contributed by atoms with Gasteiger partial charge in [-0.05, 0) is 67.4 Å². The fraction of sp³-hybridized carbons (Fsp3) is 0.154. The summed E-state index contributed by atoms with van der Waals surface area (Å²) in [4.78, 5) is 36.5. The molecule has 3 heterocycles. The summed E-state index contributed by atoms with van der Waals surface area (Å²) in [5.41, 5.74) is 3.96. The summed E-state index contributed by atoms with van der Waals surface area (Å²) >= 11 is 0. The number of para-hydroxylation sites is 2. The number of fused-ring (bicyclic) bond motifs is 1. The van der Waals surface area contributed by atoms with Crippen LogP contribution < -0.4 is 10.1 Å². The maximum atomic E-state index is 12.8. The van der Waals surface area contributed by atoms with Crippen LogP contribution in [0.3, 0.4) is 0 Å². The number of aromatic nitrogens is 3. The van der Waals surface area contributed by atoms with E-state index in [1.165, 1.54) is 0 Å². The standard InChI is InChI=1S/C26H22N4O3/c1-16(31)23-15-18(12-14-27-23)20-5-4-13-28-26(20)33-19-10-8-17(9-11-19)24(32)25-29-21-6-2-3-7-22(21)30-25/h2-11,13,15,23,27H,12,14H2,1H3,(H,29,30). The molecule has 0 amide bonds. The molecule has 7 nitrogen and oxygen atoms in total. The number of ether oxygens (including phenoxy) is 1. The zero-order chi connectivity index (χ0) is 22.8. The maximum absolute atomic E-state index is 12.8. The van der Waals surface area contributed by atoms with Crippen molar-refractivity contribution in [1.82, 2.24) is 20.3 Å². The van der Waals surface area contributed by atoms with Gasteiger partial charge in [-0.2, -0.15) is 0 Å². The van der Waals surface area contributed by atoms with Gasteiger partial charge < -0.3 is 15.0 Å². The summed E-state index contributed by atoms with van der Waals surface area (Å²) in [5, 5.41) is 3.20. The molecular weight excluding hydrogens is 416 g/mol. The van der Waals surface area contributed by atoms with Crippen molar-refractivity contribution in [3.63, 3.8) is 0 Å². The van der Waals surface area contributed by atoms with Crippen molar-refractivity contribution in [3.8, 4) is 11.6 Å². The zero-order valence-corrected chi connectivity index (χ0v) is 18.0. The Morgan fingerprint density at radius 2 is 1.85 bits per heavy atom. The molecule has 2 N–H and O–H groups in total. The van der Waals surface area contributed by atoms with E-state index in [2.05, 4.69) is 20.3 Å². The Balaban J connectivity index is 1.37. The molecule has 7 heteroatoms. The number of benzene rings is 2. The number of rotatable bonds is 6. The number of H-pyrrole nitrogens is 1. The lowest BCUT2D eigenvalue weighted by Gasteiger charge is -2.22. The van der Waals surface area contributed by atoms with Crippen molar-refractivity contribution < 1.29 is 14.3 Å². The monoisotopic (exact) mass is 438 g/mol.